The molecule has 0 spiro atoms. The van der Waals surface area contributed by atoms with E-state index in [0.29, 0.717) is 5.95 Å². The van der Waals surface area contributed by atoms with Gasteiger partial charge < -0.3 is 16.0 Å². The maximum absolute atomic E-state index is 11.1. The molecule has 144 valence electrons. The number of amides is 1. The average Bonchev–Trinajstić information content (AvgIpc) is 2.59. The van der Waals surface area contributed by atoms with Crippen molar-refractivity contribution in [3.05, 3.63) is 64.8 Å². The molecule has 3 N–H and O–H groups in total. The smallest absolute Gasteiger partial charge is 0.229 e. The standard InChI is InChI=1S/C22H25N5O/c1-13-10-14(2)21(15(3)11-13)26-20-12-16(4)23-22(27-20)25-19-8-6-18(7-9-19)24-17(5)28/h6-12H,1-5H3,(H,24,28)(H2,23,25,26,27). The van der Waals surface area contributed by atoms with Crippen LogP contribution >= 0.6 is 0 Å². The molecule has 0 aliphatic rings. The molecule has 0 bridgehead atoms. The minimum atomic E-state index is -0.0971. The minimum Gasteiger partial charge on any atom is -0.340 e. The monoisotopic (exact) mass is 375 g/mol. The van der Waals surface area contributed by atoms with E-state index in [9.17, 15) is 4.79 Å². The van der Waals surface area contributed by atoms with E-state index < -0.39 is 0 Å². The van der Waals surface area contributed by atoms with Crippen molar-refractivity contribution in [1.82, 2.24) is 9.97 Å². The molecule has 6 heteroatoms. The van der Waals surface area contributed by atoms with E-state index >= 15 is 0 Å². The molecule has 2 aromatic carbocycles. The predicted molar refractivity (Wildman–Crippen MR) is 115 cm³/mol. The van der Waals surface area contributed by atoms with Gasteiger partial charge in [0.1, 0.15) is 5.82 Å². The number of aryl methyl sites for hydroxylation is 4. The van der Waals surface area contributed by atoms with Gasteiger partial charge in [-0.25, -0.2) is 4.98 Å². The molecule has 0 aliphatic heterocycles. The van der Waals surface area contributed by atoms with E-state index in [2.05, 4.69) is 58.8 Å². The van der Waals surface area contributed by atoms with Crippen LogP contribution in [0.25, 0.3) is 0 Å². The Morgan fingerprint density at radius 2 is 1.43 bits per heavy atom. The largest absolute Gasteiger partial charge is 0.340 e. The van der Waals surface area contributed by atoms with Crippen LogP contribution in [-0.4, -0.2) is 15.9 Å². The fraction of sp³-hybridized carbons (Fsp3) is 0.227. The molecule has 28 heavy (non-hydrogen) atoms. The van der Waals surface area contributed by atoms with Crippen LogP contribution in [-0.2, 0) is 4.79 Å². The van der Waals surface area contributed by atoms with Crippen molar-refractivity contribution in [3.63, 3.8) is 0 Å². The van der Waals surface area contributed by atoms with Gasteiger partial charge in [-0.05, 0) is 63.1 Å². The quantitative estimate of drug-likeness (QED) is 0.574. The van der Waals surface area contributed by atoms with E-state index in [0.717, 1.165) is 28.6 Å². The summed E-state index contributed by atoms with van der Waals surface area (Å²) in [5.41, 5.74) is 7.11. The number of benzene rings is 2. The van der Waals surface area contributed by atoms with Crippen molar-refractivity contribution in [2.24, 2.45) is 0 Å². The molecule has 0 atom stereocenters. The number of carbonyl (C=O) groups excluding carboxylic acids is 1. The summed E-state index contributed by atoms with van der Waals surface area (Å²) in [6.45, 7) is 9.70. The van der Waals surface area contributed by atoms with Gasteiger partial charge in [0, 0.05) is 35.7 Å². The van der Waals surface area contributed by atoms with Gasteiger partial charge in [-0.1, -0.05) is 17.7 Å². The Bertz CT molecular complexity index is 989. The summed E-state index contributed by atoms with van der Waals surface area (Å²) in [5.74, 6) is 1.15. The highest BCUT2D eigenvalue weighted by atomic mass is 16.1. The van der Waals surface area contributed by atoms with Crippen molar-refractivity contribution in [2.75, 3.05) is 16.0 Å². The Hall–Kier alpha value is -3.41. The van der Waals surface area contributed by atoms with E-state index in [1.54, 1.807) is 0 Å². The van der Waals surface area contributed by atoms with Gasteiger partial charge in [0.25, 0.3) is 0 Å². The Kier molecular flexibility index (Phi) is 5.59. The lowest BCUT2D eigenvalue weighted by atomic mass is 10.1. The summed E-state index contributed by atoms with van der Waals surface area (Å²) < 4.78 is 0. The molecule has 0 saturated carbocycles. The number of aromatic nitrogens is 2. The normalized spacial score (nSPS) is 10.5. The van der Waals surface area contributed by atoms with Crippen molar-refractivity contribution in [3.8, 4) is 0 Å². The maximum atomic E-state index is 11.1. The molecular weight excluding hydrogens is 350 g/mol. The fourth-order valence-electron chi connectivity index (χ4n) is 3.16. The van der Waals surface area contributed by atoms with E-state index in [-0.39, 0.29) is 5.91 Å². The van der Waals surface area contributed by atoms with Crippen LogP contribution in [0, 0.1) is 27.7 Å². The second-order valence-corrected chi connectivity index (χ2v) is 7.00. The van der Waals surface area contributed by atoms with Gasteiger partial charge in [0.15, 0.2) is 0 Å². The highest BCUT2D eigenvalue weighted by Gasteiger charge is 2.08. The highest BCUT2D eigenvalue weighted by Crippen LogP contribution is 2.26. The predicted octanol–water partition coefficient (Wildman–Crippen LogP) is 5.16. The summed E-state index contributed by atoms with van der Waals surface area (Å²) >= 11 is 0. The van der Waals surface area contributed by atoms with Gasteiger partial charge in [-0.3, -0.25) is 4.79 Å². The second kappa shape index (κ2) is 8.08. The number of hydrogen-bond donors (Lipinski definition) is 3. The van der Waals surface area contributed by atoms with E-state index in [1.807, 2.05) is 37.3 Å². The second-order valence-electron chi connectivity index (χ2n) is 7.00. The summed E-state index contributed by atoms with van der Waals surface area (Å²) in [6.07, 6.45) is 0. The van der Waals surface area contributed by atoms with Crippen LogP contribution in [0.15, 0.2) is 42.5 Å². The third-order valence-corrected chi connectivity index (χ3v) is 4.25. The SMILES string of the molecule is CC(=O)Nc1ccc(Nc2nc(C)cc(Nc3c(C)cc(C)cc3C)n2)cc1. The van der Waals surface area contributed by atoms with Gasteiger partial charge in [0.05, 0.1) is 0 Å². The molecule has 0 aliphatic carbocycles. The highest BCUT2D eigenvalue weighted by molar-refractivity contribution is 5.88. The maximum Gasteiger partial charge on any atom is 0.229 e. The van der Waals surface area contributed by atoms with Crippen LogP contribution in [0.4, 0.5) is 28.8 Å². The van der Waals surface area contributed by atoms with E-state index in [1.165, 1.54) is 23.6 Å². The summed E-state index contributed by atoms with van der Waals surface area (Å²) in [5, 5.41) is 9.39. The Labute approximate surface area is 165 Å². The van der Waals surface area contributed by atoms with Crippen LogP contribution in [0.2, 0.25) is 0 Å². The zero-order valence-electron chi connectivity index (χ0n) is 16.8. The van der Waals surface area contributed by atoms with E-state index in [4.69, 9.17) is 0 Å². The topological polar surface area (TPSA) is 78.9 Å². The molecule has 0 radical (unpaired) electrons. The number of nitrogens with zero attached hydrogens (tertiary/aromatic N) is 2. The number of anilines is 5. The molecule has 3 aromatic rings. The molecular formula is C22H25N5O. The lowest BCUT2D eigenvalue weighted by molar-refractivity contribution is -0.114. The molecule has 6 nitrogen and oxygen atoms in total. The minimum absolute atomic E-state index is 0.0971. The number of rotatable bonds is 5. The molecule has 0 fully saturated rings. The third-order valence-electron chi connectivity index (χ3n) is 4.25. The van der Waals surface area contributed by atoms with Gasteiger partial charge in [-0.15, -0.1) is 0 Å². The fourth-order valence-corrected chi connectivity index (χ4v) is 3.16. The molecule has 0 unspecified atom stereocenters. The number of nitrogens with one attached hydrogen (secondary N) is 3. The zero-order valence-corrected chi connectivity index (χ0v) is 16.8. The summed E-state index contributed by atoms with van der Waals surface area (Å²) in [4.78, 5) is 20.2. The zero-order chi connectivity index (χ0) is 20.3. The molecule has 1 amide bonds. The van der Waals surface area contributed by atoms with Crippen molar-refractivity contribution < 1.29 is 4.79 Å². The first-order chi connectivity index (χ1) is 13.3. The van der Waals surface area contributed by atoms with Crippen LogP contribution in [0.1, 0.15) is 29.3 Å². The lowest BCUT2D eigenvalue weighted by Gasteiger charge is -2.15. The summed E-state index contributed by atoms with van der Waals surface area (Å²) in [6, 6.07) is 13.6. The number of carbonyl (C=O) groups is 1. The van der Waals surface area contributed by atoms with Crippen LogP contribution in [0.5, 0.6) is 0 Å². The van der Waals surface area contributed by atoms with Crippen molar-refractivity contribution in [1.29, 1.82) is 0 Å². The molecule has 1 heterocycles. The molecule has 1 aromatic heterocycles. The first kappa shape index (κ1) is 19.4. The van der Waals surface area contributed by atoms with Gasteiger partial charge in [-0.2, -0.15) is 4.98 Å². The Morgan fingerprint density at radius 1 is 0.821 bits per heavy atom. The summed E-state index contributed by atoms with van der Waals surface area (Å²) in [7, 11) is 0. The number of hydrogen-bond acceptors (Lipinski definition) is 5. The van der Waals surface area contributed by atoms with Crippen LogP contribution in [0.3, 0.4) is 0 Å². The average molecular weight is 375 g/mol. The lowest BCUT2D eigenvalue weighted by Crippen LogP contribution is -2.06. The van der Waals surface area contributed by atoms with Crippen molar-refractivity contribution >= 4 is 34.7 Å². The third kappa shape index (κ3) is 4.85. The van der Waals surface area contributed by atoms with Gasteiger partial charge >= 0.3 is 0 Å². The van der Waals surface area contributed by atoms with Crippen molar-refractivity contribution in [2.45, 2.75) is 34.6 Å². The Balaban J connectivity index is 1.81. The first-order valence-electron chi connectivity index (χ1n) is 9.15. The molecule has 0 saturated heterocycles. The molecule has 3 rings (SSSR count). The van der Waals surface area contributed by atoms with Crippen LogP contribution < -0.4 is 16.0 Å². The Morgan fingerprint density at radius 3 is 2.04 bits per heavy atom. The first-order valence-corrected chi connectivity index (χ1v) is 9.15. The van der Waals surface area contributed by atoms with Gasteiger partial charge in [0.2, 0.25) is 11.9 Å².